The first-order valence-corrected chi connectivity index (χ1v) is 15.9. The van der Waals surface area contributed by atoms with Crippen molar-refractivity contribution in [1.82, 2.24) is 24.9 Å². The fourth-order valence-corrected chi connectivity index (χ4v) is 6.47. The number of carbonyl (C=O) groups is 1. The Labute approximate surface area is 271 Å². The van der Waals surface area contributed by atoms with Gasteiger partial charge in [0.25, 0.3) is 0 Å². The molecule has 1 saturated carbocycles. The van der Waals surface area contributed by atoms with Crippen molar-refractivity contribution in [3.63, 3.8) is 0 Å². The van der Waals surface area contributed by atoms with E-state index in [1.54, 1.807) is 6.07 Å². The molecule has 2 fully saturated rings. The fraction of sp³-hybridized carbons (Fsp3) is 0.333. The van der Waals surface area contributed by atoms with Gasteiger partial charge >= 0.3 is 6.09 Å². The van der Waals surface area contributed by atoms with Gasteiger partial charge in [-0.15, -0.1) is 0 Å². The number of rotatable bonds is 8. The highest BCUT2D eigenvalue weighted by molar-refractivity contribution is 5.91. The molecule has 2 aromatic heterocycles. The van der Waals surface area contributed by atoms with Crippen molar-refractivity contribution in [1.29, 1.82) is 5.26 Å². The maximum Gasteiger partial charge on any atom is 0.407 e. The van der Waals surface area contributed by atoms with Crippen LogP contribution >= 0.6 is 0 Å². The monoisotopic (exact) mass is 634 g/mol. The quantitative estimate of drug-likeness (QED) is 0.202. The summed E-state index contributed by atoms with van der Waals surface area (Å²) < 4.78 is 36.6. The largest absolute Gasteiger partial charge is 0.472 e. The summed E-state index contributed by atoms with van der Waals surface area (Å²) in [6.07, 6.45) is 4.91. The van der Waals surface area contributed by atoms with E-state index in [1.807, 2.05) is 77.2 Å². The lowest BCUT2D eigenvalue weighted by atomic mass is 9.91. The van der Waals surface area contributed by atoms with Crippen LogP contribution in [-0.4, -0.2) is 51.0 Å². The lowest BCUT2D eigenvalue weighted by molar-refractivity contribution is 0.124. The molecule has 240 valence electrons. The molecule has 11 heteroatoms. The molecule has 1 N–H and O–H groups in total. The summed E-state index contributed by atoms with van der Waals surface area (Å²) >= 11 is 0. The van der Waals surface area contributed by atoms with Crippen molar-refractivity contribution >= 4 is 17.0 Å². The number of nitrogens with zero attached hydrogens (tertiary/aromatic N) is 5. The van der Waals surface area contributed by atoms with Gasteiger partial charge in [0.2, 0.25) is 5.88 Å². The Morgan fingerprint density at radius 1 is 1.06 bits per heavy atom. The average Bonchev–Trinajstić information content (AvgIpc) is 3.84. The van der Waals surface area contributed by atoms with Gasteiger partial charge in [0.15, 0.2) is 0 Å². The minimum atomic E-state index is -0.606. The van der Waals surface area contributed by atoms with Crippen LogP contribution in [0.25, 0.3) is 33.3 Å². The SMILES string of the molecule is Cn1ncc2cc(-c3c(-c4ccc(C#N)c(F)c4)nn(C4CCC(NC(=O)OCc5ccccc5)CC4)c3O[C@H]3CCOC3)ccc21. The predicted octanol–water partition coefficient (Wildman–Crippen LogP) is 6.69. The van der Waals surface area contributed by atoms with Gasteiger partial charge in [-0.2, -0.15) is 15.5 Å². The molecule has 1 aliphatic heterocycles. The molecule has 47 heavy (non-hydrogen) atoms. The van der Waals surface area contributed by atoms with Crippen LogP contribution in [0.2, 0.25) is 0 Å². The van der Waals surface area contributed by atoms with E-state index >= 15 is 4.39 Å². The highest BCUT2D eigenvalue weighted by atomic mass is 19.1. The molecule has 3 aromatic carbocycles. The Kier molecular flexibility index (Phi) is 8.59. The number of halogens is 1. The zero-order valence-electron chi connectivity index (χ0n) is 26.1. The number of hydrogen-bond donors (Lipinski definition) is 1. The molecule has 1 amide bonds. The van der Waals surface area contributed by atoms with E-state index in [9.17, 15) is 10.1 Å². The van der Waals surface area contributed by atoms with Gasteiger partial charge in [-0.3, -0.25) is 4.68 Å². The summed E-state index contributed by atoms with van der Waals surface area (Å²) in [5.41, 5.74) is 4.60. The summed E-state index contributed by atoms with van der Waals surface area (Å²) in [4.78, 5) is 12.6. The number of hydrogen-bond acceptors (Lipinski definition) is 7. The van der Waals surface area contributed by atoms with E-state index in [0.29, 0.717) is 30.4 Å². The third kappa shape index (κ3) is 6.42. The number of benzene rings is 3. The second-order valence-corrected chi connectivity index (χ2v) is 12.1. The molecule has 1 aliphatic carbocycles. The van der Waals surface area contributed by atoms with Gasteiger partial charge < -0.3 is 19.5 Å². The Balaban J connectivity index is 1.21. The molecule has 0 radical (unpaired) electrons. The number of nitrogens with one attached hydrogen (secondary N) is 1. The van der Waals surface area contributed by atoms with Gasteiger partial charge in [-0.25, -0.2) is 13.9 Å². The third-order valence-corrected chi connectivity index (χ3v) is 9.01. The Morgan fingerprint density at radius 3 is 2.62 bits per heavy atom. The van der Waals surface area contributed by atoms with Gasteiger partial charge in [0.05, 0.1) is 42.1 Å². The summed E-state index contributed by atoms with van der Waals surface area (Å²) in [6.45, 7) is 1.29. The first-order valence-electron chi connectivity index (χ1n) is 15.9. The lowest BCUT2D eigenvalue weighted by Gasteiger charge is -2.30. The van der Waals surface area contributed by atoms with Crippen LogP contribution in [0.3, 0.4) is 0 Å². The molecule has 1 saturated heterocycles. The van der Waals surface area contributed by atoms with Crippen molar-refractivity contribution in [2.45, 2.75) is 56.9 Å². The number of fused-ring (bicyclic) bond motifs is 1. The maximum absolute atomic E-state index is 15.0. The molecular weight excluding hydrogens is 599 g/mol. The predicted molar refractivity (Wildman–Crippen MR) is 173 cm³/mol. The number of alkyl carbamates (subject to hydrolysis) is 1. The molecule has 0 spiro atoms. The van der Waals surface area contributed by atoms with Crippen molar-refractivity contribution in [2.24, 2.45) is 7.05 Å². The van der Waals surface area contributed by atoms with E-state index in [0.717, 1.165) is 59.7 Å². The summed E-state index contributed by atoms with van der Waals surface area (Å²) in [5, 5.41) is 22.9. The molecule has 0 unspecified atom stereocenters. The number of nitriles is 1. The summed E-state index contributed by atoms with van der Waals surface area (Å²) in [6, 6.07) is 22.1. The summed E-state index contributed by atoms with van der Waals surface area (Å²) in [5.74, 6) is -0.00667. The first kappa shape index (κ1) is 30.4. The summed E-state index contributed by atoms with van der Waals surface area (Å²) in [7, 11) is 1.90. The Bertz CT molecular complexity index is 1930. The van der Waals surface area contributed by atoms with E-state index in [4.69, 9.17) is 19.3 Å². The molecule has 3 heterocycles. The minimum absolute atomic E-state index is 0.0245. The molecule has 2 aliphatic rings. The van der Waals surface area contributed by atoms with Crippen molar-refractivity contribution in [3.05, 3.63) is 89.9 Å². The third-order valence-electron chi connectivity index (χ3n) is 9.01. The first-order chi connectivity index (χ1) is 23.0. The van der Waals surface area contributed by atoms with Crippen LogP contribution in [0.1, 0.15) is 49.3 Å². The molecule has 7 rings (SSSR count). The molecule has 1 atom stereocenters. The number of aromatic nitrogens is 4. The van der Waals surface area contributed by atoms with E-state index in [1.165, 1.54) is 12.1 Å². The maximum atomic E-state index is 15.0. The fourth-order valence-electron chi connectivity index (χ4n) is 6.47. The van der Waals surface area contributed by atoms with Gasteiger partial charge in [0, 0.05) is 30.5 Å². The number of amides is 1. The van der Waals surface area contributed by atoms with E-state index < -0.39 is 11.9 Å². The van der Waals surface area contributed by atoms with Gasteiger partial charge in [-0.05, 0) is 61.1 Å². The zero-order chi connectivity index (χ0) is 32.3. The smallest absolute Gasteiger partial charge is 0.407 e. The average molecular weight is 635 g/mol. The minimum Gasteiger partial charge on any atom is -0.472 e. The van der Waals surface area contributed by atoms with Crippen LogP contribution in [0.5, 0.6) is 5.88 Å². The van der Waals surface area contributed by atoms with Crippen molar-refractivity contribution in [2.75, 3.05) is 13.2 Å². The van der Waals surface area contributed by atoms with Gasteiger partial charge in [0.1, 0.15) is 30.3 Å². The molecule has 0 bridgehead atoms. The second kappa shape index (κ2) is 13.3. The zero-order valence-corrected chi connectivity index (χ0v) is 26.1. The number of aryl methyl sites for hydroxylation is 1. The molecular formula is C36H35FN6O4. The van der Waals surface area contributed by atoms with Crippen LogP contribution in [-0.2, 0) is 23.1 Å². The van der Waals surface area contributed by atoms with E-state index in [2.05, 4.69) is 10.4 Å². The van der Waals surface area contributed by atoms with Crippen molar-refractivity contribution in [3.8, 4) is 34.3 Å². The van der Waals surface area contributed by atoms with E-state index in [-0.39, 0.29) is 30.4 Å². The van der Waals surface area contributed by atoms with Crippen LogP contribution in [0.15, 0.2) is 72.9 Å². The Morgan fingerprint density at radius 2 is 1.87 bits per heavy atom. The number of carbonyl (C=O) groups excluding carboxylic acids is 1. The van der Waals surface area contributed by atoms with Crippen LogP contribution < -0.4 is 10.1 Å². The van der Waals surface area contributed by atoms with Crippen LogP contribution in [0.4, 0.5) is 9.18 Å². The Hall–Kier alpha value is -5.21. The normalized spacial score (nSPS) is 19.4. The molecule has 10 nitrogen and oxygen atoms in total. The van der Waals surface area contributed by atoms with Crippen LogP contribution in [0, 0.1) is 17.1 Å². The topological polar surface area (TPSA) is 116 Å². The highest BCUT2D eigenvalue weighted by Gasteiger charge is 2.32. The second-order valence-electron chi connectivity index (χ2n) is 12.1. The molecule has 5 aromatic rings. The highest BCUT2D eigenvalue weighted by Crippen LogP contribution is 2.44. The lowest BCUT2D eigenvalue weighted by Crippen LogP contribution is -2.38. The standard InChI is InChI=1S/C36H35FN6O4/c1-42-32-14-9-24(17-27(32)20-39-42)33-34(25-7-8-26(19-38)31(37)18-25)41-43(35(33)47-30-15-16-45-22-30)29-12-10-28(11-13-29)40-36(44)46-21-23-5-3-2-4-6-23/h2-9,14,17-18,20,28-30H,10-13,15-16,21-22H2,1H3,(H,40,44)/t28?,29?,30-/m0/s1. The number of ether oxygens (including phenoxy) is 3. The van der Waals surface area contributed by atoms with Gasteiger partial charge in [-0.1, -0.05) is 42.5 Å². The van der Waals surface area contributed by atoms with Crippen molar-refractivity contribution < 1.29 is 23.4 Å².